The van der Waals surface area contributed by atoms with Crippen molar-refractivity contribution >= 4 is 23.6 Å². The molecule has 20 heavy (non-hydrogen) atoms. The van der Waals surface area contributed by atoms with E-state index >= 15 is 0 Å². The van der Waals surface area contributed by atoms with Crippen molar-refractivity contribution in [3.63, 3.8) is 0 Å². The highest BCUT2D eigenvalue weighted by Crippen LogP contribution is 2.40. The Morgan fingerprint density at radius 1 is 1.15 bits per heavy atom. The van der Waals surface area contributed by atoms with Crippen LogP contribution in [0.5, 0.6) is 5.75 Å². The largest absolute Gasteiger partial charge is 0.494 e. The summed E-state index contributed by atoms with van der Waals surface area (Å²) in [4.78, 5) is 14.1. The Kier molecular flexibility index (Phi) is 3.61. The topological polar surface area (TPSA) is 26.3 Å². The van der Waals surface area contributed by atoms with Gasteiger partial charge >= 0.3 is 0 Å². The molecular formula is C17H14O2S. The maximum absolute atomic E-state index is 12.3. The van der Waals surface area contributed by atoms with Crippen LogP contribution in [0.25, 0.3) is 6.08 Å². The molecule has 0 fully saturated rings. The number of ketones is 1. The second-order valence-electron chi connectivity index (χ2n) is 4.44. The number of hydrogen-bond acceptors (Lipinski definition) is 3. The maximum Gasteiger partial charge on any atom is 0.200 e. The Balaban J connectivity index is 1.91. The van der Waals surface area contributed by atoms with Crippen LogP contribution in [0, 0.1) is 0 Å². The molecule has 0 atom stereocenters. The predicted molar refractivity (Wildman–Crippen MR) is 82.2 cm³/mol. The van der Waals surface area contributed by atoms with Gasteiger partial charge in [0.25, 0.3) is 0 Å². The van der Waals surface area contributed by atoms with Crippen molar-refractivity contribution in [3.05, 3.63) is 64.6 Å². The third-order valence-electron chi connectivity index (χ3n) is 3.04. The van der Waals surface area contributed by atoms with Crippen LogP contribution in [0.3, 0.4) is 0 Å². The molecule has 1 aliphatic rings. The SMILES string of the molecule is CCOc1cccc(/C=C2/Sc3ccccc3C2=O)c1. The first-order valence-electron chi connectivity index (χ1n) is 6.54. The lowest BCUT2D eigenvalue weighted by molar-refractivity contribution is 0.104. The van der Waals surface area contributed by atoms with E-state index in [0.29, 0.717) is 6.61 Å². The summed E-state index contributed by atoms with van der Waals surface area (Å²) in [6.45, 7) is 2.59. The normalized spacial score (nSPS) is 15.4. The average Bonchev–Trinajstić information content (AvgIpc) is 2.77. The lowest BCUT2D eigenvalue weighted by atomic mass is 10.1. The Hall–Kier alpha value is -2.00. The van der Waals surface area contributed by atoms with Gasteiger partial charge < -0.3 is 4.74 Å². The average molecular weight is 282 g/mol. The first-order chi connectivity index (χ1) is 9.78. The van der Waals surface area contributed by atoms with E-state index in [1.807, 2.05) is 61.5 Å². The van der Waals surface area contributed by atoms with Crippen molar-refractivity contribution in [1.29, 1.82) is 0 Å². The number of benzene rings is 2. The number of hydrogen-bond donors (Lipinski definition) is 0. The lowest BCUT2D eigenvalue weighted by Gasteiger charge is -2.03. The number of fused-ring (bicyclic) bond motifs is 1. The quantitative estimate of drug-likeness (QED) is 0.780. The number of carbonyl (C=O) groups excluding carboxylic acids is 1. The number of carbonyl (C=O) groups is 1. The molecule has 3 rings (SSSR count). The van der Waals surface area contributed by atoms with Crippen LogP contribution < -0.4 is 4.74 Å². The van der Waals surface area contributed by atoms with Gasteiger partial charge in [0.2, 0.25) is 5.78 Å². The van der Waals surface area contributed by atoms with Crippen LogP contribution in [0.1, 0.15) is 22.8 Å². The molecule has 0 saturated heterocycles. The van der Waals surface area contributed by atoms with E-state index in [9.17, 15) is 4.79 Å². The van der Waals surface area contributed by atoms with Gasteiger partial charge in [0, 0.05) is 10.5 Å². The number of thioether (sulfide) groups is 1. The molecule has 0 unspecified atom stereocenters. The molecular weight excluding hydrogens is 268 g/mol. The minimum absolute atomic E-state index is 0.104. The van der Waals surface area contributed by atoms with E-state index in [2.05, 4.69) is 0 Å². The van der Waals surface area contributed by atoms with Gasteiger partial charge in [0.05, 0.1) is 11.5 Å². The number of allylic oxidation sites excluding steroid dienone is 1. The Bertz CT molecular complexity index is 689. The zero-order valence-corrected chi connectivity index (χ0v) is 11.9. The second-order valence-corrected chi connectivity index (χ2v) is 5.53. The van der Waals surface area contributed by atoms with Gasteiger partial charge in [-0.1, -0.05) is 36.0 Å². The molecule has 100 valence electrons. The summed E-state index contributed by atoms with van der Waals surface area (Å²) in [5.74, 6) is 0.933. The second kappa shape index (κ2) is 5.55. The summed E-state index contributed by atoms with van der Waals surface area (Å²) in [5.41, 5.74) is 1.78. The smallest absolute Gasteiger partial charge is 0.200 e. The molecule has 2 aromatic carbocycles. The van der Waals surface area contributed by atoms with Crippen molar-refractivity contribution in [2.24, 2.45) is 0 Å². The maximum atomic E-state index is 12.3. The predicted octanol–water partition coefficient (Wildman–Crippen LogP) is 4.41. The molecule has 0 spiro atoms. The molecule has 0 bridgehead atoms. The molecule has 0 aliphatic carbocycles. The van der Waals surface area contributed by atoms with E-state index in [4.69, 9.17) is 4.74 Å². The van der Waals surface area contributed by atoms with Gasteiger partial charge in [-0.15, -0.1) is 0 Å². The summed E-state index contributed by atoms with van der Waals surface area (Å²) >= 11 is 1.53. The minimum atomic E-state index is 0.104. The van der Waals surface area contributed by atoms with E-state index in [0.717, 1.165) is 26.7 Å². The highest BCUT2D eigenvalue weighted by molar-refractivity contribution is 8.04. The molecule has 2 nitrogen and oxygen atoms in total. The first kappa shape index (κ1) is 13.0. The van der Waals surface area contributed by atoms with Gasteiger partial charge in [0.1, 0.15) is 5.75 Å². The Morgan fingerprint density at radius 3 is 2.80 bits per heavy atom. The van der Waals surface area contributed by atoms with Crippen LogP contribution in [-0.2, 0) is 0 Å². The zero-order chi connectivity index (χ0) is 13.9. The van der Waals surface area contributed by atoms with Crippen LogP contribution in [0.4, 0.5) is 0 Å². The monoisotopic (exact) mass is 282 g/mol. The molecule has 0 aromatic heterocycles. The number of ether oxygens (including phenoxy) is 1. The fourth-order valence-electron chi connectivity index (χ4n) is 2.15. The molecule has 2 aromatic rings. The fourth-order valence-corrected chi connectivity index (χ4v) is 3.20. The van der Waals surface area contributed by atoms with Crippen LogP contribution in [0.2, 0.25) is 0 Å². The number of Topliss-reactive ketones (excluding diaryl/α,β-unsaturated/α-hetero) is 1. The Morgan fingerprint density at radius 2 is 2.00 bits per heavy atom. The van der Waals surface area contributed by atoms with Crippen molar-refractivity contribution in [3.8, 4) is 5.75 Å². The van der Waals surface area contributed by atoms with E-state index in [1.165, 1.54) is 11.8 Å². The zero-order valence-electron chi connectivity index (χ0n) is 11.1. The third kappa shape index (κ3) is 2.49. The van der Waals surface area contributed by atoms with Gasteiger partial charge in [-0.05, 0) is 42.8 Å². The summed E-state index contributed by atoms with van der Waals surface area (Å²) in [6, 6.07) is 15.5. The first-order valence-corrected chi connectivity index (χ1v) is 7.35. The Labute approximate surface area is 122 Å². The summed E-state index contributed by atoms with van der Waals surface area (Å²) in [5, 5.41) is 0. The van der Waals surface area contributed by atoms with Gasteiger partial charge in [-0.25, -0.2) is 0 Å². The van der Waals surface area contributed by atoms with Gasteiger partial charge in [-0.2, -0.15) is 0 Å². The molecule has 1 aliphatic heterocycles. The van der Waals surface area contributed by atoms with Crippen LogP contribution in [-0.4, -0.2) is 12.4 Å². The van der Waals surface area contributed by atoms with Gasteiger partial charge in [0.15, 0.2) is 0 Å². The van der Waals surface area contributed by atoms with Crippen LogP contribution >= 0.6 is 11.8 Å². The highest BCUT2D eigenvalue weighted by Gasteiger charge is 2.24. The molecule has 3 heteroatoms. The minimum Gasteiger partial charge on any atom is -0.494 e. The van der Waals surface area contributed by atoms with Crippen molar-refractivity contribution in [2.75, 3.05) is 6.61 Å². The molecule has 0 radical (unpaired) electrons. The molecule has 0 saturated carbocycles. The molecule has 0 N–H and O–H groups in total. The van der Waals surface area contributed by atoms with Gasteiger partial charge in [-0.3, -0.25) is 4.79 Å². The van der Waals surface area contributed by atoms with E-state index in [1.54, 1.807) is 0 Å². The molecule has 0 amide bonds. The highest BCUT2D eigenvalue weighted by atomic mass is 32.2. The third-order valence-corrected chi connectivity index (χ3v) is 4.14. The van der Waals surface area contributed by atoms with Crippen molar-refractivity contribution in [2.45, 2.75) is 11.8 Å². The summed E-state index contributed by atoms with van der Waals surface area (Å²) < 4.78 is 5.48. The summed E-state index contributed by atoms with van der Waals surface area (Å²) in [6.07, 6.45) is 1.93. The van der Waals surface area contributed by atoms with Crippen LogP contribution in [0.15, 0.2) is 58.3 Å². The standard InChI is InChI=1S/C17H14O2S/c1-2-19-13-7-5-6-12(10-13)11-16-17(18)14-8-3-4-9-15(14)20-16/h3-11H,2H2,1H3/b16-11+. The molecule has 1 heterocycles. The number of rotatable bonds is 3. The summed E-state index contributed by atoms with van der Waals surface area (Å²) in [7, 11) is 0. The van der Waals surface area contributed by atoms with E-state index < -0.39 is 0 Å². The lowest BCUT2D eigenvalue weighted by Crippen LogP contribution is -1.94. The van der Waals surface area contributed by atoms with E-state index in [-0.39, 0.29) is 5.78 Å². The van der Waals surface area contributed by atoms with Crippen molar-refractivity contribution < 1.29 is 9.53 Å². The fraction of sp³-hybridized carbons (Fsp3) is 0.118. The van der Waals surface area contributed by atoms with Crippen molar-refractivity contribution in [1.82, 2.24) is 0 Å².